The second-order valence-electron chi connectivity index (χ2n) is 6.23. The molecule has 0 saturated carbocycles. The van der Waals surface area contributed by atoms with Gasteiger partial charge in [0.1, 0.15) is 12.1 Å². The molecule has 24 heavy (non-hydrogen) atoms. The van der Waals surface area contributed by atoms with Crippen LogP contribution < -0.4 is 4.90 Å². The van der Waals surface area contributed by atoms with E-state index in [2.05, 4.69) is 15.0 Å². The predicted molar refractivity (Wildman–Crippen MR) is 86.6 cm³/mol. The smallest absolute Gasteiger partial charge is 0.275 e. The van der Waals surface area contributed by atoms with Crippen LogP contribution in [0.3, 0.4) is 0 Å². The van der Waals surface area contributed by atoms with Gasteiger partial charge in [0, 0.05) is 39.5 Å². The highest BCUT2D eigenvalue weighted by Gasteiger charge is 2.36. The topological polar surface area (TPSA) is 95.6 Å². The molecule has 0 spiro atoms. The Balaban J connectivity index is 1.67. The van der Waals surface area contributed by atoms with Gasteiger partial charge in [-0.3, -0.25) is 9.78 Å². The van der Waals surface area contributed by atoms with Gasteiger partial charge in [-0.2, -0.15) is 0 Å². The number of oxazole rings is 1. The van der Waals surface area contributed by atoms with E-state index in [0.29, 0.717) is 18.9 Å². The summed E-state index contributed by atoms with van der Waals surface area (Å²) in [6.45, 7) is 3.11. The summed E-state index contributed by atoms with van der Waals surface area (Å²) in [7, 11) is 1.66. The van der Waals surface area contributed by atoms with Crippen molar-refractivity contribution in [2.45, 2.75) is 25.4 Å². The average Bonchev–Trinajstić information content (AvgIpc) is 3.01. The van der Waals surface area contributed by atoms with Crippen molar-refractivity contribution in [3.05, 3.63) is 36.4 Å². The standard InChI is InChI=1S/C16H21N5O3/c1-12-19-13(9-24-12)15(22)20(2)10-16(23)4-3-7-21(11-16)14-8-17-5-6-18-14/h5-6,8-9,23H,3-4,7,10-11H2,1-2H3/t16-/m1/s1. The number of piperidine rings is 1. The van der Waals surface area contributed by atoms with E-state index >= 15 is 0 Å². The molecule has 8 heteroatoms. The molecule has 0 radical (unpaired) electrons. The summed E-state index contributed by atoms with van der Waals surface area (Å²) < 4.78 is 5.08. The summed E-state index contributed by atoms with van der Waals surface area (Å²) >= 11 is 0. The minimum absolute atomic E-state index is 0.217. The quantitative estimate of drug-likeness (QED) is 0.888. The summed E-state index contributed by atoms with van der Waals surface area (Å²) in [4.78, 5) is 28.3. The molecule has 1 atom stereocenters. The van der Waals surface area contributed by atoms with E-state index in [1.807, 2.05) is 4.90 Å². The molecule has 1 aliphatic rings. The number of amides is 1. The first-order chi connectivity index (χ1) is 11.5. The zero-order valence-electron chi connectivity index (χ0n) is 13.8. The first kappa shape index (κ1) is 16.4. The largest absolute Gasteiger partial charge is 0.448 e. The van der Waals surface area contributed by atoms with Crippen molar-refractivity contribution in [1.29, 1.82) is 0 Å². The number of aliphatic hydroxyl groups is 1. The molecule has 8 nitrogen and oxygen atoms in total. The first-order valence-corrected chi connectivity index (χ1v) is 7.88. The third-order valence-electron chi connectivity index (χ3n) is 4.15. The Morgan fingerprint density at radius 1 is 1.50 bits per heavy atom. The Kier molecular flexibility index (Phi) is 4.48. The maximum atomic E-state index is 12.4. The van der Waals surface area contributed by atoms with E-state index in [9.17, 15) is 9.90 Å². The Morgan fingerprint density at radius 3 is 3.00 bits per heavy atom. The number of rotatable bonds is 4. The van der Waals surface area contributed by atoms with Crippen molar-refractivity contribution >= 4 is 11.7 Å². The molecule has 1 saturated heterocycles. The number of aromatic nitrogens is 3. The van der Waals surface area contributed by atoms with Crippen molar-refractivity contribution in [2.75, 3.05) is 31.6 Å². The molecule has 0 aliphatic carbocycles. The zero-order valence-corrected chi connectivity index (χ0v) is 13.8. The Bertz CT molecular complexity index is 705. The van der Waals surface area contributed by atoms with Crippen LogP contribution in [0.15, 0.2) is 29.3 Å². The summed E-state index contributed by atoms with van der Waals surface area (Å²) in [5.74, 6) is 0.908. The van der Waals surface area contributed by atoms with Crippen LogP contribution in [0.5, 0.6) is 0 Å². The van der Waals surface area contributed by atoms with Gasteiger partial charge in [0.2, 0.25) is 0 Å². The van der Waals surface area contributed by atoms with Crippen LogP contribution in [0.25, 0.3) is 0 Å². The monoisotopic (exact) mass is 331 g/mol. The van der Waals surface area contributed by atoms with E-state index in [-0.39, 0.29) is 18.1 Å². The molecular weight excluding hydrogens is 310 g/mol. The lowest BCUT2D eigenvalue weighted by atomic mass is 9.92. The molecular formula is C16H21N5O3. The number of carbonyl (C=O) groups is 1. The van der Waals surface area contributed by atoms with Crippen molar-refractivity contribution in [3.63, 3.8) is 0 Å². The van der Waals surface area contributed by atoms with Gasteiger partial charge in [-0.15, -0.1) is 0 Å². The molecule has 2 aromatic rings. The maximum absolute atomic E-state index is 12.4. The Morgan fingerprint density at radius 2 is 2.33 bits per heavy atom. The fourth-order valence-electron chi connectivity index (χ4n) is 3.06. The fourth-order valence-corrected chi connectivity index (χ4v) is 3.06. The molecule has 3 heterocycles. The van der Waals surface area contributed by atoms with Crippen LogP contribution in [-0.2, 0) is 0 Å². The molecule has 0 unspecified atom stereocenters. The van der Waals surface area contributed by atoms with Gasteiger partial charge >= 0.3 is 0 Å². The molecule has 1 aliphatic heterocycles. The third kappa shape index (κ3) is 3.53. The molecule has 1 amide bonds. The molecule has 0 bridgehead atoms. The minimum Gasteiger partial charge on any atom is -0.448 e. The van der Waals surface area contributed by atoms with Gasteiger partial charge < -0.3 is 19.3 Å². The number of hydrogen-bond donors (Lipinski definition) is 1. The lowest BCUT2D eigenvalue weighted by Crippen LogP contribution is -2.55. The second kappa shape index (κ2) is 6.56. The van der Waals surface area contributed by atoms with E-state index < -0.39 is 5.60 Å². The first-order valence-electron chi connectivity index (χ1n) is 7.88. The maximum Gasteiger partial charge on any atom is 0.275 e. The SMILES string of the molecule is Cc1nc(C(=O)N(C)C[C@]2(O)CCCN(c3cnccn3)C2)co1. The Hall–Kier alpha value is -2.48. The van der Waals surface area contributed by atoms with Crippen molar-refractivity contribution in [1.82, 2.24) is 19.9 Å². The van der Waals surface area contributed by atoms with E-state index in [4.69, 9.17) is 4.42 Å². The van der Waals surface area contributed by atoms with Gasteiger partial charge in [0.25, 0.3) is 5.91 Å². The highest BCUT2D eigenvalue weighted by molar-refractivity contribution is 5.91. The third-order valence-corrected chi connectivity index (χ3v) is 4.15. The minimum atomic E-state index is -1.00. The van der Waals surface area contributed by atoms with Gasteiger partial charge in [-0.05, 0) is 12.8 Å². The van der Waals surface area contributed by atoms with Crippen LogP contribution in [-0.4, -0.2) is 63.1 Å². The van der Waals surface area contributed by atoms with Crippen molar-refractivity contribution in [2.24, 2.45) is 0 Å². The number of likely N-dealkylation sites (N-methyl/N-ethyl adjacent to an activating group) is 1. The normalized spacial score (nSPS) is 20.9. The van der Waals surface area contributed by atoms with E-state index in [1.165, 1.54) is 11.2 Å². The van der Waals surface area contributed by atoms with Crippen LogP contribution in [0.4, 0.5) is 5.82 Å². The summed E-state index contributed by atoms with van der Waals surface area (Å²) in [5, 5.41) is 10.9. The van der Waals surface area contributed by atoms with Crippen LogP contribution in [0.2, 0.25) is 0 Å². The second-order valence-corrected chi connectivity index (χ2v) is 6.23. The number of β-amino-alcohol motifs (C(OH)–C–C–N with tert-alkyl or cyclic N) is 1. The fraction of sp³-hybridized carbons (Fsp3) is 0.500. The Labute approximate surface area is 140 Å². The number of aryl methyl sites for hydroxylation is 1. The number of carbonyl (C=O) groups excluding carboxylic acids is 1. The molecule has 1 fully saturated rings. The van der Waals surface area contributed by atoms with Crippen molar-refractivity contribution in [3.8, 4) is 0 Å². The summed E-state index contributed by atoms with van der Waals surface area (Å²) in [6, 6.07) is 0. The summed E-state index contributed by atoms with van der Waals surface area (Å²) in [6.07, 6.45) is 7.71. The van der Waals surface area contributed by atoms with Gasteiger partial charge in [0.15, 0.2) is 11.6 Å². The number of nitrogens with zero attached hydrogens (tertiary/aromatic N) is 5. The molecule has 128 valence electrons. The average molecular weight is 331 g/mol. The van der Waals surface area contributed by atoms with Crippen LogP contribution in [0.1, 0.15) is 29.2 Å². The molecule has 0 aromatic carbocycles. The molecule has 3 rings (SSSR count). The lowest BCUT2D eigenvalue weighted by molar-refractivity contribution is -0.000294. The summed E-state index contributed by atoms with van der Waals surface area (Å²) in [5.41, 5.74) is -0.751. The van der Waals surface area contributed by atoms with Gasteiger partial charge in [0.05, 0.1) is 18.3 Å². The molecule has 1 N–H and O–H groups in total. The van der Waals surface area contributed by atoms with E-state index in [0.717, 1.165) is 18.8 Å². The van der Waals surface area contributed by atoms with E-state index in [1.54, 1.807) is 32.6 Å². The highest BCUT2D eigenvalue weighted by atomic mass is 16.3. The van der Waals surface area contributed by atoms with Crippen molar-refractivity contribution < 1.29 is 14.3 Å². The predicted octanol–water partition coefficient (Wildman–Crippen LogP) is 0.877. The lowest BCUT2D eigenvalue weighted by Gasteiger charge is -2.41. The highest BCUT2D eigenvalue weighted by Crippen LogP contribution is 2.25. The van der Waals surface area contributed by atoms with Gasteiger partial charge in [-0.1, -0.05) is 0 Å². The zero-order chi connectivity index (χ0) is 17.2. The molecule has 2 aromatic heterocycles. The van der Waals surface area contributed by atoms with Crippen LogP contribution in [0, 0.1) is 6.92 Å². The number of anilines is 1. The van der Waals surface area contributed by atoms with Gasteiger partial charge in [-0.25, -0.2) is 9.97 Å². The number of hydrogen-bond acceptors (Lipinski definition) is 7. The van der Waals surface area contributed by atoms with Crippen LogP contribution >= 0.6 is 0 Å².